The zero-order chi connectivity index (χ0) is 20.6. The van der Waals surface area contributed by atoms with E-state index in [0.717, 1.165) is 0 Å². The fraction of sp³-hybridized carbons (Fsp3) is 0.200. The molecule has 0 aliphatic carbocycles. The monoisotopic (exact) mass is 432 g/mol. The first-order chi connectivity index (χ1) is 13.8. The number of amides is 2. The average Bonchev–Trinajstić information content (AvgIpc) is 3.00. The summed E-state index contributed by atoms with van der Waals surface area (Å²) in [6.45, 7) is 0. The zero-order valence-corrected chi connectivity index (χ0v) is 16.7. The smallest absolute Gasteiger partial charge is 0.291 e. The van der Waals surface area contributed by atoms with Crippen LogP contribution in [0.4, 0.5) is 5.69 Å². The van der Waals surface area contributed by atoms with Gasteiger partial charge in [-0.05, 0) is 48.4 Å². The predicted molar refractivity (Wildman–Crippen MR) is 110 cm³/mol. The second-order valence-electron chi connectivity index (χ2n) is 6.90. The van der Waals surface area contributed by atoms with Gasteiger partial charge in [-0.3, -0.25) is 9.59 Å². The van der Waals surface area contributed by atoms with Gasteiger partial charge < -0.3 is 15.4 Å². The van der Waals surface area contributed by atoms with E-state index in [-0.39, 0.29) is 17.3 Å². The molecule has 2 aromatic rings. The van der Waals surface area contributed by atoms with E-state index in [0.29, 0.717) is 34.0 Å². The number of carbonyl (C=O) groups is 2. The number of ether oxygens (including phenoxy) is 1. The number of carbonyl (C=O) groups excluding carboxylic acids is 2. The average molecular weight is 433 g/mol. The molecule has 0 saturated carbocycles. The van der Waals surface area contributed by atoms with E-state index in [2.05, 4.69) is 10.6 Å². The van der Waals surface area contributed by atoms with Gasteiger partial charge in [0.25, 0.3) is 11.8 Å². The van der Waals surface area contributed by atoms with Crippen LogP contribution >= 0.6 is 11.6 Å². The fourth-order valence-electron chi connectivity index (χ4n) is 3.23. The molecule has 150 valence electrons. The molecule has 0 unspecified atom stereocenters. The van der Waals surface area contributed by atoms with E-state index < -0.39 is 27.7 Å². The Balaban J connectivity index is 1.51. The van der Waals surface area contributed by atoms with Crippen LogP contribution in [-0.4, -0.2) is 37.8 Å². The maximum Gasteiger partial charge on any atom is 0.291 e. The van der Waals surface area contributed by atoms with Gasteiger partial charge in [0.1, 0.15) is 0 Å². The van der Waals surface area contributed by atoms with Crippen molar-refractivity contribution in [3.8, 4) is 5.75 Å². The third-order valence-corrected chi connectivity index (χ3v) is 6.65. The van der Waals surface area contributed by atoms with Gasteiger partial charge >= 0.3 is 0 Å². The molecule has 2 heterocycles. The highest BCUT2D eigenvalue weighted by Gasteiger charge is 2.29. The van der Waals surface area contributed by atoms with Crippen LogP contribution in [0.5, 0.6) is 5.75 Å². The number of anilines is 1. The number of sulfone groups is 1. The van der Waals surface area contributed by atoms with Crippen molar-refractivity contribution in [3.05, 3.63) is 64.4 Å². The van der Waals surface area contributed by atoms with Crippen LogP contribution in [0.15, 0.2) is 48.2 Å². The minimum atomic E-state index is -3.09. The summed E-state index contributed by atoms with van der Waals surface area (Å²) in [6, 6.07) is 11.2. The van der Waals surface area contributed by atoms with Crippen LogP contribution in [0, 0.1) is 0 Å². The van der Waals surface area contributed by atoms with Crippen molar-refractivity contribution >= 4 is 45.0 Å². The molecule has 0 spiro atoms. The second-order valence-corrected chi connectivity index (χ2v) is 9.57. The SMILES string of the molecule is O=C1Nc2cc(C(=O)N[C@H]3CCS(=O)(=O)C3)ccc2O/C1=C\c1cccc(Cl)c1. The Morgan fingerprint density at radius 1 is 1.24 bits per heavy atom. The normalized spacial score (nSPS) is 21.2. The molecule has 1 fully saturated rings. The summed E-state index contributed by atoms with van der Waals surface area (Å²) >= 11 is 5.96. The molecule has 1 saturated heterocycles. The summed E-state index contributed by atoms with van der Waals surface area (Å²) in [5, 5.41) is 5.97. The lowest BCUT2D eigenvalue weighted by Crippen LogP contribution is -2.35. The van der Waals surface area contributed by atoms with Gasteiger partial charge in [0.2, 0.25) is 0 Å². The van der Waals surface area contributed by atoms with Crippen molar-refractivity contribution in [2.75, 3.05) is 16.8 Å². The first kappa shape index (κ1) is 19.5. The van der Waals surface area contributed by atoms with E-state index in [1.165, 1.54) is 6.07 Å². The molecule has 0 aromatic heterocycles. The highest BCUT2D eigenvalue weighted by atomic mass is 35.5. The summed E-state index contributed by atoms with van der Waals surface area (Å²) < 4.78 is 28.8. The lowest BCUT2D eigenvalue weighted by Gasteiger charge is -2.21. The fourth-order valence-corrected chi connectivity index (χ4v) is 5.10. The largest absolute Gasteiger partial charge is 0.449 e. The lowest BCUT2D eigenvalue weighted by atomic mass is 10.1. The molecular weight excluding hydrogens is 416 g/mol. The van der Waals surface area contributed by atoms with E-state index >= 15 is 0 Å². The van der Waals surface area contributed by atoms with Gasteiger partial charge in [0.15, 0.2) is 21.3 Å². The molecule has 2 N–H and O–H groups in total. The van der Waals surface area contributed by atoms with E-state index in [1.807, 2.05) is 0 Å². The first-order valence-corrected chi connectivity index (χ1v) is 11.1. The minimum absolute atomic E-state index is 0.0544. The van der Waals surface area contributed by atoms with Crippen molar-refractivity contribution in [1.29, 1.82) is 0 Å². The van der Waals surface area contributed by atoms with Gasteiger partial charge in [-0.15, -0.1) is 0 Å². The molecule has 7 nitrogen and oxygen atoms in total. The van der Waals surface area contributed by atoms with Gasteiger partial charge in [-0.1, -0.05) is 23.7 Å². The maximum absolute atomic E-state index is 12.4. The van der Waals surface area contributed by atoms with E-state index in [4.69, 9.17) is 16.3 Å². The van der Waals surface area contributed by atoms with Gasteiger partial charge in [-0.2, -0.15) is 0 Å². The number of hydrogen-bond donors (Lipinski definition) is 2. The van der Waals surface area contributed by atoms with Crippen LogP contribution in [0.2, 0.25) is 5.02 Å². The van der Waals surface area contributed by atoms with Crippen LogP contribution in [0.25, 0.3) is 6.08 Å². The van der Waals surface area contributed by atoms with Crippen molar-refractivity contribution < 1.29 is 22.7 Å². The van der Waals surface area contributed by atoms with Crippen LogP contribution < -0.4 is 15.4 Å². The summed E-state index contributed by atoms with van der Waals surface area (Å²) in [4.78, 5) is 24.8. The number of benzene rings is 2. The Morgan fingerprint density at radius 3 is 2.79 bits per heavy atom. The van der Waals surface area contributed by atoms with Gasteiger partial charge in [0, 0.05) is 16.6 Å². The molecular formula is C20H17ClN2O5S. The molecule has 2 amide bonds. The van der Waals surface area contributed by atoms with Gasteiger partial charge in [-0.25, -0.2) is 8.42 Å². The quantitative estimate of drug-likeness (QED) is 0.726. The molecule has 2 aliphatic heterocycles. The first-order valence-electron chi connectivity index (χ1n) is 8.91. The molecule has 1 atom stereocenters. The number of rotatable bonds is 3. The Labute approximate surface area is 172 Å². The summed E-state index contributed by atoms with van der Waals surface area (Å²) in [6.07, 6.45) is 1.97. The van der Waals surface area contributed by atoms with E-state index in [1.54, 1.807) is 42.5 Å². The number of hydrogen-bond acceptors (Lipinski definition) is 5. The summed E-state index contributed by atoms with van der Waals surface area (Å²) in [5.74, 6) is -0.318. The van der Waals surface area contributed by atoms with Crippen molar-refractivity contribution in [1.82, 2.24) is 5.32 Å². The Morgan fingerprint density at radius 2 is 2.07 bits per heavy atom. The Bertz CT molecular complexity index is 1140. The Kier molecular flexibility index (Phi) is 5.06. The lowest BCUT2D eigenvalue weighted by molar-refractivity contribution is -0.115. The minimum Gasteiger partial charge on any atom is -0.449 e. The van der Waals surface area contributed by atoms with E-state index in [9.17, 15) is 18.0 Å². The third kappa shape index (κ3) is 4.44. The molecule has 4 rings (SSSR count). The Hall–Kier alpha value is -2.84. The molecule has 2 aliphatic rings. The zero-order valence-electron chi connectivity index (χ0n) is 15.1. The van der Waals surface area contributed by atoms with Gasteiger partial charge in [0.05, 0.1) is 17.2 Å². The standard InChI is InChI=1S/C20H17ClN2O5S/c21-14-3-1-2-12(8-14)9-18-20(25)23-16-10-13(4-5-17(16)28-18)19(24)22-15-6-7-29(26,27)11-15/h1-5,8-10,15H,6-7,11H2,(H,22,24)(H,23,25)/b18-9-/t15-/m0/s1. The summed E-state index contributed by atoms with van der Waals surface area (Å²) in [5.41, 5.74) is 1.39. The molecule has 29 heavy (non-hydrogen) atoms. The van der Waals surface area contributed by atoms with Crippen molar-refractivity contribution in [2.45, 2.75) is 12.5 Å². The maximum atomic E-state index is 12.4. The van der Waals surface area contributed by atoms with Crippen molar-refractivity contribution in [2.24, 2.45) is 0 Å². The third-order valence-electron chi connectivity index (χ3n) is 4.65. The van der Waals surface area contributed by atoms with Crippen LogP contribution in [-0.2, 0) is 14.6 Å². The topological polar surface area (TPSA) is 102 Å². The molecule has 0 radical (unpaired) electrons. The summed E-state index contributed by atoms with van der Waals surface area (Å²) in [7, 11) is -3.09. The van der Waals surface area contributed by atoms with Crippen LogP contribution in [0.3, 0.4) is 0 Å². The molecule has 9 heteroatoms. The highest BCUT2D eigenvalue weighted by Crippen LogP contribution is 2.32. The second kappa shape index (κ2) is 7.53. The number of fused-ring (bicyclic) bond motifs is 1. The van der Waals surface area contributed by atoms with Crippen molar-refractivity contribution in [3.63, 3.8) is 0 Å². The predicted octanol–water partition coefficient (Wildman–Crippen LogP) is 2.63. The van der Waals surface area contributed by atoms with Crippen LogP contribution in [0.1, 0.15) is 22.3 Å². The highest BCUT2D eigenvalue weighted by molar-refractivity contribution is 7.91. The number of halogens is 1. The molecule has 2 aromatic carbocycles. The number of nitrogens with one attached hydrogen (secondary N) is 2. The molecule has 0 bridgehead atoms.